The highest BCUT2D eigenvalue weighted by molar-refractivity contribution is 5.68. The van der Waals surface area contributed by atoms with E-state index in [2.05, 4.69) is 5.73 Å². The molecule has 0 spiro atoms. The van der Waals surface area contributed by atoms with Gasteiger partial charge in [0.05, 0.1) is 9.24 Å². The van der Waals surface area contributed by atoms with Crippen molar-refractivity contribution in [1.29, 1.82) is 0 Å². The predicted molar refractivity (Wildman–Crippen MR) is 16.7 cm³/mol. The minimum absolute atomic E-state index is 1.65. The molecule has 5 heavy (non-hydrogen) atoms. The summed E-state index contributed by atoms with van der Waals surface area (Å²) in [6.45, 7) is -2.58. The molecule has 0 saturated heterocycles. The molecule has 0 saturated carbocycles. The highest BCUT2D eigenvalue weighted by Gasteiger charge is 1.81. The summed E-state index contributed by atoms with van der Waals surface area (Å²) in [4.78, 5) is 9.52. The topological polar surface area (TPSA) is 63.3 Å². The van der Waals surface area contributed by atoms with E-state index in [1.165, 1.54) is 0 Å². The lowest BCUT2D eigenvalue weighted by Gasteiger charge is -1.73. The molecule has 0 aromatic carbocycles. The average molecular weight is 78.1 g/mol. The summed E-state index contributed by atoms with van der Waals surface area (Å²) in [5, 5.41) is 7.75. The van der Waals surface area contributed by atoms with Crippen LogP contribution in [0.5, 0.6) is 0 Å². The third-order valence-electron chi connectivity index (χ3n) is 0.123. The lowest BCUT2D eigenvalue weighted by molar-refractivity contribution is -0.135. The largest absolute Gasteiger partial charge is 0.480 e. The van der Waals surface area contributed by atoms with E-state index in [-0.39, 0.29) is 0 Å². The highest BCUT2D eigenvalue weighted by Crippen LogP contribution is 1.43. The van der Waals surface area contributed by atoms with Crippen molar-refractivity contribution >= 4 is 5.97 Å². The molecule has 0 aliphatic carbocycles. The van der Waals surface area contributed by atoms with Gasteiger partial charge in [0.25, 0.3) is 0 Å². The minimum atomic E-state index is -2.58. The number of hydrogen-bond acceptors (Lipinski definition) is 2. The van der Waals surface area contributed by atoms with Gasteiger partial charge in [0.2, 0.25) is 0 Å². The van der Waals surface area contributed by atoms with Crippen molar-refractivity contribution in [2.45, 2.75) is 0 Å². The Bertz CT molecular complexity index is 86.2. The molecule has 30 valence electrons. The second kappa shape index (κ2) is 1.72. The zero-order valence-corrected chi connectivity index (χ0v) is 2.43. The Kier molecular flexibility index (Phi) is 0.609. The summed E-state index contributed by atoms with van der Waals surface area (Å²) >= 11 is 0. The molecule has 0 aromatic rings. The number of nitrogens with two attached hydrogens (primary N) is 1. The van der Waals surface area contributed by atoms with Crippen LogP contribution in [-0.4, -0.2) is 17.6 Å². The van der Waals surface area contributed by atoms with Crippen LogP contribution in [0.15, 0.2) is 0 Å². The normalized spacial score (nSPS) is 16.2. The van der Waals surface area contributed by atoms with Gasteiger partial charge in [-0.2, -0.15) is 0 Å². The van der Waals surface area contributed by atoms with Crippen molar-refractivity contribution in [3.05, 3.63) is 0 Å². The first-order valence-electron chi connectivity index (χ1n) is 1.97. The molecule has 0 rings (SSSR count). The van der Waals surface area contributed by atoms with Gasteiger partial charge in [0.1, 0.15) is 0 Å². The Balaban J connectivity index is 3.79. The minimum Gasteiger partial charge on any atom is -0.480 e. The first-order valence-corrected chi connectivity index (χ1v) is 0.966. The van der Waals surface area contributed by atoms with E-state index in [4.69, 9.17) is 7.85 Å². The quantitative estimate of drug-likeness (QED) is 0.396. The Morgan fingerprint density at radius 1 is 2.40 bits per heavy atom. The zero-order chi connectivity index (χ0) is 6.08. The lowest BCUT2D eigenvalue weighted by Crippen LogP contribution is -2.10. The molecule has 3 nitrogen and oxygen atoms in total. The monoisotopic (exact) mass is 78.0 g/mol. The van der Waals surface area contributed by atoms with Crippen molar-refractivity contribution < 1.29 is 12.6 Å². The molecule has 0 aliphatic rings. The van der Waals surface area contributed by atoms with Crippen LogP contribution in [0.1, 0.15) is 2.74 Å². The van der Waals surface area contributed by atoms with Crippen LogP contribution in [0.2, 0.25) is 0 Å². The summed E-state index contributed by atoms with van der Waals surface area (Å²) in [5.41, 5.74) is 4.41. The third-order valence-corrected chi connectivity index (χ3v) is 0.123. The number of carboxylic acids is 1. The second-order valence-electron chi connectivity index (χ2n) is 0.449. The van der Waals surface area contributed by atoms with E-state index >= 15 is 0 Å². The van der Waals surface area contributed by atoms with E-state index in [0.717, 1.165) is 0 Å². The third kappa shape index (κ3) is 3.43. The maximum atomic E-state index is 9.52. The van der Waals surface area contributed by atoms with Crippen molar-refractivity contribution in [3.63, 3.8) is 0 Å². The second-order valence-corrected chi connectivity index (χ2v) is 0.449. The van der Waals surface area contributed by atoms with Gasteiger partial charge in [-0.1, -0.05) is 0 Å². The molecule has 0 fully saturated rings. The van der Waals surface area contributed by atoms with Crippen LogP contribution in [0, 0.1) is 0 Å². The van der Waals surface area contributed by atoms with E-state index < -0.39 is 12.5 Å². The molecule has 0 unspecified atom stereocenters. The molecule has 0 aliphatic heterocycles. The van der Waals surface area contributed by atoms with E-state index in [9.17, 15) is 4.79 Å². The van der Waals surface area contributed by atoms with Gasteiger partial charge in [-0.05, 0) is 0 Å². The Morgan fingerprint density at radius 3 is 2.60 bits per heavy atom. The Hall–Kier alpha value is -0.570. The van der Waals surface area contributed by atoms with E-state index in [1.807, 2.05) is 0 Å². The van der Waals surface area contributed by atoms with E-state index in [1.54, 1.807) is 0 Å². The van der Waals surface area contributed by atoms with Gasteiger partial charge in [-0.3, -0.25) is 4.79 Å². The molecular formula is C2H5NO2. The Morgan fingerprint density at radius 2 is 2.60 bits per heavy atom. The number of hydrogen-bond donors (Lipinski definition) is 2. The van der Waals surface area contributed by atoms with Gasteiger partial charge < -0.3 is 10.8 Å². The summed E-state index contributed by atoms with van der Waals surface area (Å²) in [7, 11) is 0. The van der Waals surface area contributed by atoms with E-state index in [0.29, 0.717) is 0 Å². The molecular weight excluding hydrogens is 71.0 g/mol. The number of carbonyl (C=O) groups is 1. The standard InChI is InChI=1S/C2H5NO2/c3-1-2(4)5/h1,3H2,(H,4,5)/i1D2,3+1. The van der Waals surface area contributed by atoms with Crippen LogP contribution in [0.25, 0.3) is 0 Å². The maximum absolute atomic E-state index is 9.52. The van der Waals surface area contributed by atoms with Gasteiger partial charge in [0.15, 0.2) is 0 Å². The zero-order valence-electron chi connectivity index (χ0n) is 4.43. The molecule has 0 aromatic heterocycles. The van der Waals surface area contributed by atoms with Gasteiger partial charge in [-0.25, -0.2) is 0 Å². The smallest absolute Gasteiger partial charge is 0.317 e. The summed E-state index contributed by atoms with van der Waals surface area (Å²) < 4.78 is 12.5. The van der Waals surface area contributed by atoms with Crippen molar-refractivity contribution in [2.75, 3.05) is 6.50 Å². The van der Waals surface area contributed by atoms with Crippen LogP contribution in [-0.2, 0) is 4.79 Å². The SMILES string of the molecule is [2H]C([2H])([15NH2])C(=O)O. The molecule has 0 amide bonds. The van der Waals surface area contributed by atoms with Crippen molar-refractivity contribution in [2.24, 2.45) is 5.73 Å². The molecule has 0 atom stereocenters. The molecule has 0 heterocycles. The fourth-order valence-electron chi connectivity index (χ4n) is 0. The number of rotatable bonds is 1. The van der Waals surface area contributed by atoms with Gasteiger partial charge in [-0.15, -0.1) is 0 Å². The maximum Gasteiger partial charge on any atom is 0.317 e. The summed E-state index contributed by atoms with van der Waals surface area (Å²) in [6.07, 6.45) is 0. The van der Waals surface area contributed by atoms with Crippen LogP contribution >= 0.6 is 0 Å². The fraction of sp³-hybridized carbons (Fsp3) is 0.500. The first-order chi connectivity index (χ1) is 2.94. The van der Waals surface area contributed by atoms with Crippen LogP contribution < -0.4 is 5.73 Å². The van der Waals surface area contributed by atoms with Crippen LogP contribution in [0.3, 0.4) is 0 Å². The molecule has 0 bridgehead atoms. The summed E-state index contributed by atoms with van der Waals surface area (Å²) in [6, 6.07) is 0. The predicted octanol–water partition coefficient (Wildman–Crippen LogP) is -0.970. The Labute approximate surface area is 32.2 Å². The van der Waals surface area contributed by atoms with Crippen LogP contribution in [0.4, 0.5) is 0 Å². The molecule has 0 radical (unpaired) electrons. The number of aliphatic carboxylic acids is 1. The molecule has 3 heteroatoms. The first kappa shape index (κ1) is 1.77. The lowest BCUT2D eigenvalue weighted by atomic mass is 10.8. The molecule has 3 N–H and O–H groups in total. The van der Waals surface area contributed by atoms with Crippen molar-refractivity contribution in [1.82, 2.24) is 0 Å². The van der Waals surface area contributed by atoms with Crippen molar-refractivity contribution in [3.8, 4) is 0 Å². The fourth-order valence-corrected chi connectivity index (χ4v) is 0. The summed E-state index contributed by atoms with van der Waals surface area (Å²) in [5.74, 6) is -1.65. The van der Waals surface area contributed by atoms with Gasteiger partial charge in [0, 0.05) is 0 Å². The average Bonchev–Trinajstić information content (AvgIpc) is 1.31. The highest BCUT2D eigenvalue weighted by atomic mass is 16.4. The number of carboxylic acid groups (broad SMARTS) is 1. The van der Waals surface area contributed by atoms with Gasteiger partial charge >= 0.3 is 5.97 Å².